The zero-order valence-corrected chi connectivity index (χ0v) is 15.5. The molecule has 3 aliphatic rings. The molecule has 124 valence electrons. The average molecular weight is 404 g/mol. The van der Waals surface area contributed by atoms with Crippen molar-refractivity contribution in [2.75, 3.05) is 30.4 Å². The number of aromatic nitrogens is 1. The van der Waals surface area contributed by atoms with E-state index in [-0.39, 0.29) is 5.66 Å². The summed E-state index contributed by atoms with van der Waals surface area (Å²) in [5, 5.41) is 0.429. The fourth-order valence-corrected chi connectivity index (χ4v) is 5.87. The van der Waals surface area contributed by atoms with E-state index in [0.29, 0.717) is 5.37 Å². The van der Waals surface area contributed by atoms with E-state index in [0.717, 1.165) is 25.5 Å². The van der Waals surface area contributed by atoms with Crippen LogP contribution in [0.25, 0.3) is 0 Å². The molecule has 0 aliphatic carbocycles. The number of nitrogens with zero attached hydrogens (tertiary/aromatic N) is 4. The van der Waals surface area contributed by atoms with Crippen LogP contribution in [-0.2, 0) is 5.66 Å². The fraction of sp³-hybridized carbons (Fsp3) is 0.353. The second-order valence-corrected chi connectivity index (χ2v) is 8.42. The topological polar surface area (TPSA) is 34.6 Å². The molecule has 1 aromatic heterocycles. The van der Waals surface area contributed by atoms with Crippen LogP contribution in [0.5, 0.6) is 0 Å². The van der Waals surface area contributed by atoms with Gasteiger partial charge in [-0.15, -0.1) is 11.8 Å². The lowest BCUT2D eigenvalue weighted by Crippen LogP contribution is -2.56. The van der Waals surface area contributed by atoms with Crippen molar-refractivity contribution >= 4 is 33.6 Å². The number of hydrazine groups is 1. The minimum absolute atomic E-state index is 0.361. The molecule has 3 aliphatic heterocycles. The number of halogens is 1. The molecular weight excluding hydrogens is 386 g/mol. The van der Waals surface area contributed by atoms with E-state index < -0.39 is 0 Å². The number of rotatable bonds is 1. The van der Waals surface area contributed by atoms with Gasteiger partial charge in [-0.2, -0.15) is 4.03 Å². The average Bonchev–Trinajstić information content (AvgIpc) is 3.18. The highest BCUT2D eigenvalue weighted by Crippen LogP contribution is 2.49. The molecule has 5 rings (SSSR count). The molecule has 4 heterocycles. The van der Waals surface area contributed by atoms with Crippen LogP contribution in [0.4, 0.5) is 5.69 Å². The number of para-hydroxylation sites is 1. The predicted octanol–water partition coefficient (Wildman–Crippen LogP) is 2.89. The molecule has 0 radical (unpaired) electrons. The van der Waals surface area contributed by atoms with Crippen LogP contribution < -0.4 is 10.3 Å². The van der Waals surface area contributed by atoms with Crippen molar-refractivity contribution < 1.29 is 0 Å². The van der Waals surface area contributed by atoms with Gasteiger partial charge in [0, 0.05) is 52.4 Å². The molecule has 7 heteroatoms. The van der Waals surface area contributed by atoms with E-state index >= 15 is 0 Å². The minimum atomic E-state index is -0.361. The number of hydrogen-bond donors (Lipinski definition) is 1. The van der Waals surface area contributed by atoms with Gasteiger partial charge in [0.25, 0.3) is 0 Å². The highest BCUT2D eigenvalue weighted by atomic mass is 79.9. The second kappa shape index (κ2) is 5.71. The lowest BCUT2D eigenvalue weighted by Gasteiger charge is -2.38. The Morgan fingerprint density at radius 3 is 2.96 bits per heavy atom. The van der Waals surface area contributed by atoms with Gasteiger partial charge in [0.1, 0.15) is 0 Å². The maximum Gasteiger partial charge on any atom is 0.162 e. The molecule has 1 N–H and O–H groups in total. The van der Waals surface area contributed by atoms with Crippen molar-refractivity contribution in [1.82, 2.24) is 19.3 Å². The summed E-state index contributed by atoms with van der Waals surface area (Å²) in [7, 11) is 0. The first-order chi connectivity index (χ1) is 11.8. The first-order valence-electron chi connectivity index (χ1n) is 8.13. The maximum absolute atomic E-state index is 4.71. The van der Waals surface area contributed by atoms with E-state index in [1.165, 1.54) is 17.0 Å². The van der Waals surface area contributed by atoms with E-state index in [2.05, 4.69) is 67.8 Å². The lowest BCUT2D eigenvalue weighted by molar-refractivity contribution is 0.186. The molecular formula is C17H18BrN5S. The van der Waals surface area contributed by atoms with Crippen molar-refractivity contribution in [1.29, 1.82) is 0 Å². The Morgan fingerprint density at radius 1 is 1.21 bits per heavy atom. The van der Waals surface area contributed by atoms with Crippen LogP contribution in [0.3, 0.4) is 0 Å². The third-order valence-electron chi connectivity index (χ3n) is 5.03. The van der Waals surface area contributed by atoms with Crippen molar-refractivity contribution in [3.05, 3.63) is 59.9 Å². The first-order valence-corrected chi connectivity index (χ1v) is 9.89. The molecule has 0 amide bonds. The molecule has 24 heavy (non-hydrogen) atoms. The summed E-state index contributed by atoms with van der Waals surface area (Å²) in [4.78, 5) is 9.74. The molecule has 0 bridgehead atoms. The molecule has 5 nitrogen and oxygen atoms in total. The van der Waals surface area contributed by atoms with Crippen LogP contribution in [-0.4, -0.2) is 39.4 Å². The Balaban J connectivity index is 1.74. The Morgan fingerprint density at radius 2 is 2.08 bits per heavy atom. The Labute approximate surface area is 154 Å². The summed E-state index contributed by atoms with van der Waals surface area (Å²) < 4.78 is 1.99. The van der Waals surface area contributed by atoms with Crippen LogP contribution >= 0.6 is 27.9 Å². The summed E-state index contributed by atoms with van der Waals surface area (Å²) in [5.41, 5.74) is 7.03. The molecule has 1 aromatic carbocycles. The fourth-order valence-electron chi connectivity index (χ4n) is 4.02. The Hall–Kier alpha value is -1.12. The molecule has 2 aromatic rings. The summed E-state index contributed by atoms with van der Waals surface area (Å²) in [6, 6.07) is 15.0. The molecule has 2 saturated heterocycles. The Kier molecular flexibility index (Phi) is 3.61. The van der Waals surface area contributed by atoms with Gasteiger partial charge in [-0.3, -0.25) is 9.88 Å². The van der Waals surface area contributed by atoms with Crippen molar-refractivity contribution in [2.45, 2.75) is 11.0 Å². The largest absolute Gasteiger partial charge is 0.330 e. The zero-order chi connectivity index (χ0) is 16.1. The zero-order valence-electron chi connectivity index (χ0n) is 13.1. The summed E-state index contributed by atoms with van der Waals surface area (Å²) in [6.45, 7) is 2.77. The van der Waals surface area contributed by atoms with Crippen LogP contribution in [0.15, 0.2) is 48.7 Å². The summed E-state index contributed by atoms with van der Waals surface area (Å²) in [6.07, 6.45) is 1.88. The molecule has 2 fully saturated rings. The van der Waals surface area contributed by atoms with E-state index in [4.69, 9.17) is 4.98 Å². The normalized spacial score (nSPS) is 29.9. The molecule has 2 unspecified atom stereocenters. The van der Waals surface area contributed by atoms with E-state index in [9.17, 15) is 0 Å². The van der Waals surface area contributed by atoms with Gasteiger partial charge >= 0.3 is 0 Å². The first kappa shape index (κ1) is 15.2. The second-order valence-electron chi connectivity index (χ2n) is 6.37. The SMILES string of the molecule is BrN1CN2c3ccccc3C3SCCN3CC2(c2ccccn2)N1. The number of nitrogens with one attached hydrogen (secondary N) is 1. The van der Waals surface area contributed by atoms with Crippen molar-refractivity contribution in [3.63, 3.8) is 0 Å². The third kappa shape index (κ3) is 2.16. The Bertz CT molecular complexity index is 760. The highest BCUT2D eigenvalue weighted by Gasteiger charge is 2.52. The standard InChI is InChI=1S/C17H18BrN5S/c18-23-12-22-14-6-2-1-5-13(14)16-21(9-10-24-16)11-17(22,20-23)15-7-3-4-8-19-15/h1-8,16,20H,9-12H2. The minimum Gasteiger partial charge on any atom is -0.330 e. The number of thioether (sulfide) groups is 1. The number of hydrogen-bond acceptors (Lipinski definition) is 6. The summed E-state index contributed by atoms with van der Waals surface area (Å²) >= 11 is 5.68. The number of pyridine rings is 1. The molecule has 0 spiro atoms. The van der Waals surface area contributed by atoms with Gasteiger partial charge in [-0.05, 0) is 18.2 Å². The van der Waals surface area contributed by atoms with Crippen molar-refractivity contribution in [3.8, 4) is 0 Å². The van der Waals surface area contributed by atoms with E-state index in [1.807, 2.05) is 28.1 Å². The van der Waals surface area contributed by atoms with Gasteiger partial charge in [-0.25, -0.2) is 5.43 Å². The molecule has 0 saturated carbocycles. The third-order valence-corrected chi connectivity index (χ3v) is 6.72. The number of fused-ring (bicyclic) bond motifs is 5. The predicted molar refractivity (Wildman–Crippen MR) is 100 cm³/mol. The van der Waals surface area contributed by atoms with Gasteiger partial charge in [0.2, 0.25) is 0 Å². The van der Waals surface area contributed by atoms with Gasteiger partial charge in [0.05, 0.1) is 17.7 Å². The van der Waals surface area contributed by atoms with Crippen LogP contribution in [0.1, 0.15) is 16.6 Å². The van der Waals surface area contributed by atoms with E-state index in [1.54, 1.807) is 0 Å². The smallest absolute Gasteiger partial charge is 0.162 e. The highest BCUT2D eigenvalue weighted by molar-refractivity contribution is 9.07. The number of benzene rings is 1. The quantitative estimate of drug-likeness (QED) is 0.737. The summed E-state index contributed by atoms with van der Waals surface area (Å²) in [5.74, 6) is 1.18. The lowest BCUT2D eigenvalue weighted by atomic mass is 10.0. The van der Waals surface area contributed by atoms with Crippen molar-refractivity contribution in [2.24, 2.45) is 0 Å². The van der Waals surface area contributed by atoms with Gasteiger partial charge in [0.15, 0.2) is 5.66 Å². The molecule has 2 atom stereocenters. The maximum atomic E-state index is 4.71. The monoisotopic (exact) mass is 403 g/mol. The van der Waals surface area contributed by atoms with Crippen LogP contribution in [0.2, 0.25) is 0 Å². The van der Waals surface area contributed by atoms with Gasteiger partial charge < -0.3 is 4.90 Å². The van der Waals surface area contributed by atoms with Gasteiger partial charge in [-0.1, -0.05) is 24.3 Å². The number of anilines is 1. The van der Waals surface area contributed by atoms with Crippen LogP contribution in [0, 0.1) is 0 Å².